The Bertz CT molecular complexity index is 331. The summed E-state index contributed by atoms with van der Waals surface area (Å²) in [6.07, 6.45) is 1.92. The maximum Gasteiger partial charge on any atom is 0.313 e. The van der Waals surface area contributed by atoms with Crippen LogP contribution in [0.25, 0.3) is 0 Å². The molecule has 0 aromatic rings. The van der Waals surface area contributed by atoms with Crippen LogP contribution >= 0.6 is 0 Å². The van der Waals surface area contributed by atoms with Gasteiger partial charge in [0.15, 0.2) is 0 Å². The zero-order valence-corrected chi connectivity index (χ0v) is 10.0. The van der Waals surface area contributed by atoms with Crippen LogP contribution in [0, 0.1) is 5.41 Å². The Morgan fingerprint density at radius 3 is 2.33 bits per heavy atom. The Morgan fingerprint density at radius 2 is 2.00 bits per heavy atom. The van der Waals surface area contributed by atoms with E-state index in [4.69, 9.17) is 5.11 Å². The molecule has 0 saturated carbocycles. The van der Waals surface area contributed by atoms with Gasteiger partial charge < -0.3 is 5.11 Å². The van der Waals surface area contributed by atoms with Crippen molar-refractivity contribution in [3.05, 3.63) is 12.7 Å². The lowest BCUT2D eigenvalue weighted by Gasteiger charge is -2.19. The summed E-state index contributed by atoms with van der Waals surface area (Å²) >= 11 is 0. The van der Waals surface area contributed by atoms with E-state index in [-0.39, 0.29) is 17.9 Å². The number of hydrogen-bond donors (Lipinski definition) is 1. The van der Waals surface area contributed by atoms with Gasteiger partial charge in [0.1, 0.15) is 9.84 Å². The van der Waals surface area contributed by atoms with Gasteiger partial charge in [-0.25, -0.2) is 8.42 Å². The minimum atomic E-state index is -3.12. The zero-order valence-electron chi connectivity index (χ0n) is 9.19. The molecule has 0 aliphatic rings. The average molecular weight is 234 g/mol. The van der Waals surface area contributed by atoms with E-state index in [1.165, 1.54) is 13.0 Å². The predicted molar refractivity (Wildman–Crippen MR) is 59.5 cm³/mol. The summed E-state index contributed by atoms with van der Waals surface area (Å²) in [6, 6.07) is 0. The van der Waals surface area contributed by atoms with Gasteiger partial charge in [-0.15, -0.1) is 6.58 Å². The predicted octanol–water partition coefficient (Wildman–Crippen LogP) is 1.48. The van der Waals surface area contributed by atoms with Gasteiger partial charge >= 0.3 is 5.97 Å². The van der Waals surface area contributed by atoms with E-state index in [1.807, 2.05) is 0 Å². The maximum atomic E-state index is 11.4. The Labute approximate surface area is 90.9 Å². The monoisotopic (exact) mass is 234 g/mol. The highest BCUT2D eigenvalue weighted by molar-refractivity contribution is 7.91. The zero-order chi connectivity index (χ0) is 12.1. The normalized spacial score (nSPS) is 15.6. The minimum Gasteiger partial charge on any atom is -0.481 e. The first-order valence-corrected chi connectivity index (χ1v) is 6.67. The van der Waals surface area contributed by atoms with Crippen molar-refractivity contribution in [1.82, 2.24) is 0 Å². The third-order valence-corrected chi connectivity index (χ3v) is 4.24. The summed E-state index contributed by atoms with van der Waals surface area (Å²) in [5.74, 6) is -1.03. The molecule has 1 N–H and O–H groups in total. The molecule has 1 unspecified atom stereocenters. The summed E-state index contributed by atoms with van der Waals surface area (Å²) in [5.41, 5.74) is -1.15. The van der Waals surface area contributed by atoms with E-state index in [9.17, 15) is 13.2 Å². The van der Waals surface area contributed by atoms with Crippen LogP contribution in [0.2, 0.25) is 0 Å². The molecule has 0 radical (unpaired) electrons. The van der Waals surface area contributed by atoms with Gasteiger partial charge in [0, 0.05) is 5.75 Å². The largest absolute Gasteiger partial charge is 0.481 e. The van der Waals surface area contributed by atoms with Gasteiger partial charge in [0.25, 0.3) is 0 Å². The molecule has 5 heteroatoms. The third kappa shape index (κ3) is 4.46. The smallest absolute Gasteiger partial charge is 0.313 e. The first-order chi connectivity index (χ1) is 6.77. The second-order valence-corrected chi connectivity index (χ2v) is 6.13. The van der Waals surface area contributed by atoms with Gasteiger partial charge in [0.2, 0.25) is 0 Å². The Morgan fingerprint density at radius 1 is 1.47 bits per heavy atom. The van der Waals surface area contributed by atoms with Gasteiger partial charge in [-0.1, -0.05) is 13.0 Å². The van der Waals surface area contributed by atoms with Crippen LogP contribution in [0.3, 0.4) is 0 Å². The van der Waals surface area contributed by atoms with E-state index in [0.717, 1.165) is 0 Å². The van der Waals surface area contributed by atoms with E-state index in [1.54, 1.807) is 6.92 Å². The molecule has 0 bridgehead atoms. The first kappa shape index (κ1) is 14.2. The van der Waals surface area contributed by atoms with Crippen LogP contribution < -0.4 is 0 Å². The third-order valence-electron chi connectivity index (χ3n) is 2.39. The standard InChI is InChI=1S/C10H18O4S/c1-4-7-15(13,14)8-6-10(3,5-2)9(11)12/h5H,2,4,6-8H2,1,3H3,(H,11,12). The van der Waals surface area contributed by atoms with Crippen molar-refractivity contribution < 1.29 is 18.3 Å². The molecule has 0 aromatic heterocycles. The van der Waals surface area contributed by atoms with Crippen LogP contribution in [0.1, 0.15) is 26.7 Å². The van der Waals surface area contributed by atoms with E-state index in [0.29, 0.717) is 6.42 Å². The number of aliphatic carboxylic acids is 1. The molecular formula is C10H18O4S. The molecule has 0 spiro atoms. The highest BCUT2D eigenvalue weighted by atomic mass is 32.2. The number of carboxylic acid groups (broad SMARTS) is 1. The summed E-state index contributed by atoms with van der Waals surface area (Å²) in [7, 11) is -3.12. The lowest BCUT2D eigenvalue weighted by atomic mass is 9.88. The van der Waals surface area contributed by atoms with Crippen molar-refractivity contribution in [3.63, 3.8) is 0 Å². The Kier molecular flexibility index (Phi) is 5.00. The highest BCUT2D eigenvalue weighted by Gasteiger charge is 2.30. The molecule has 88 valence electrons. The molecule has 15 heavy (non-hydrogen) atoms. The van der Waals surface area contributed by atoms with Crippen LogP contribution in [0.15, 0.2) is 12.7 Å². The van der Waals surface area contributed by atoms with E-state index < -0.39 is 21.2 Å². The van der Waals surface area contributed by atoms with Crippen molar-refractivity contribution in [1.29, 1.82) is 0 Å². The summed E-state index contributed by atoms with van der Waals surface area (Å²) in [6.45, 7) is 6.68. The van der Waals surface area contributed by atoms with Gasteiger partial charge in [0.05, 0.1) is 11.2 Å². The van der Waals surface area contributed by atoms with Crippen molar-refractivity contribution in [2.45, 2.75) is 26.7 Å². The highest BCUT2D eigenvalue weighted by Crippen LogP contribution is 2.23. The van der Waals surface area contributed by atoms with Gasteiger partial charge in [-0.3, -0.25) is 4.79 Å². The molecule has 0 heterocycles. The number of rotatable bonds is 7. The topological polar surface area (TPSA) is 71.4 Å². The molecule has 1 atom stereocenters. The lowest BCUT2D eigenvalue weighted by molar-refractivity contribution is -0.145. The fourth-order valence-electron chi connectivity index (χ4n) is 1.08. The molecule has 0 rings (SSSR count). The average Bonchev–Trinajstić information content (AvgIpc) is 2.14. The Hall–Kier alpha value is -0.840. The van der Waals surface area contributed by atoms with Crippen molar-refractivity contribution in [2.24, 2.45) is 5.41 Å². The van der Waals surface area contributed by atoms with Crippen LogP contribution in [0.4, 0.5) is 0 Å². The molecule has 0 saturated heterocycles. The molecule has 4 nitrogen and oxygen atoms in total. The molecular weight excluding hydrogens is 216 g/mol. The number of hydrogen-bond acceptors (Lipinski definition) is 3. The summed E-state index contributed by atoms with van der Waals surface area (Å²) in [4.78, 5) is 10.9. The first-order valence-electron chi connectivity index (χ1n) is 4.85. The van der Waals surface area contributed by atoms with Crippen LogP contribution in [-0.4, -0.2) is 31.0 Å². The lowest BCUT2D eigenvalue weighted by Crippen LogP contribution is -2.28. The van der Waals surface area contributed by atoms with Crippen molar-refractivity contribution >= 4 is 15.8 Å². The molecule has 0 aliphatic carbocycles. The van der Waals surface area contributed by atoms with Crippen molar-refractivity contribution in [2.75, 3.05) is 11.5 Å². The molecule has 0 aromatic carbocycles. The second kappa shape index (κ2) is 5.30. The SMILES string of the molecule is C=CC(C)(CCS(=O)(=O)CCC)C(=O)O. The fourth-order valence-corrected chi connectivity index (χ4v) is 2.64. The van der Waals surface area contributed by atoms with E-state index in [2.05, 4.69) is 6.58 Å². The quantitative estimate of drug-likeness (QED) is 0.677. The minimum absolute atomic E-state index is 0.0775. The summed E-state index contributed by atoms with van der Waals surface area (Å²) < 4.78 is 22.8. The molecule has 0 fully saturated rings. The van der Waals surface area contributed by atoms with E-state index >= 15 is 0 Å². The van der Waals surface area contributed by atoms with Gasteiger partial charge in [-0.2, -0.15) is 0 Å². The maximum absolute atomic E-state index is 11.4. The number of carboxylic acids is 1. The molecule has 0 aliphatic heterocycles. The number of carbonyl (C=O) groups is 1. The second-order valence-electron chi connectivity index (χ2n) is 3.83. The summed E-state index contributed by atoms with van der Waals surface area (Å²) in [5, 5.41) is 8.89. The van der Waals surface area contributed by atoms with Crippen LogP contribution in [0.5, 0.6) is 0 Å². The number of sulfone groups is 1. The van der Waals surface area contributed by atoms with Crippen LogP contribution in [-0.2, 0) is 14.6 Å². The van der Waals surface area contributed by atoms with Crippen molar-refractivity contribution in [3.8, 4) is 0 Å². The van der Waals surface area contributed by atoms with Gasteiger partial charge in [-0.05, 0) is 19.8 Å². The fraction of sp³-hybridized carbons (Fsp3) is 0.700. The Balaban J connectivity index is 4.49. The molecule has 0 amide bonds.